The second-order valence-corrected chi connectivity index (χ2v) is 3.38. The molecule has 6 nitrogen and oxygen atoms in total. The summed E-state index contributed by atoms with van der Waals surface area (Å²) in [5.41, 5.74) is -0.771. The average Bonchev–Trinajstić information content (AvgIpc) is 2.30. The molecule has 0 heterocycles. The second kappa shape index (κ2) is 3.75. The maximum Gasteiger partial charge on any atom is 0.322 e. The Morgan fingerprint density at radius 2 is 1.71 bits per heavy atom. The zero-order valence-corrected chi connectivity index (χ0v) is 8.45. The monoisotopic (exact) mass is 233 g/mol. The molecule has 2 aromatic carbocycles. The van der Waals surface area contributed by atoms with Crippen molar-refractivity contribution >= 4 is 22.7 Å². The van der Waals surface area contributed by atoms with Gasteiger partial charge in [0.25, 0.3) is 0 Å². The average molecular weight is 233 g/mol. The van der Waals surface area contributed by atoms with Gasteiger partial charge in [-0.3, -0.25) is 14.9 Å². The highest BCUT2D eigenvalue weighted by Gasteiger charge is 2.25. The molecule has 0 atom stereocenters. The largest absolute Gasteiger partial charge is 0.504 e. The van der Waals surface area contributed by atoms with Crippen molar-refractivity contribution in [2.75, 3.05) is 0 Å². The SMILES string of the molecule is O=Cc1c(O)c(O)c([N+](=O)[O-])c2ccccc12. The number of hydrogen-bond donors (Lipinski definition) is 2. The summed E-state index contributed by atoms with van der Waals surface area (Å²) in [7, 11) is 0. The van der Waals surface area contributed by atoms with E-state index < -0.39 is 22.1 Å². The van der Waals surface area contributed by atoms with Crippen LogP contribution < -0.4 is 0 Å². The van der Waals surface area contributed by atoms with Crippen LogP contribution in [0.1, 0.15) is 10.4 Å². The summed E-state index contributed by atoms with van der Waals surface area (Å²) < 4.78 is 0. The second-order valence-electron chi connectivity index (χ2n) is 3.38. The Labute approximate surface area is 94.9 Å². The molecule has 0 amide bonds. The number of carbonyl (C=O) groups excluding carboxylic acids is 1. The third kappa shape index (κ3) is 1.46. The van der Waals surface area contributed by atoms with E-state index >= 15 is 0 Å². The number of fused-ring (bicyclic) bond motifs is 1. The van der Waals surface area contributed by atoms with E-state index in [1.165, 1.54) is 12.1 Å². The molecule has 2 aromatic rings. The number of nitro benzene ring substituents is 1. The number of nitro groups is 1. The van der Waals surface area contributed by atoms with E-state index in [1.807, 2.05) is 0 Å². The number of benzene rings is 2. The third-order valence-corrected chi connectivity index (χ3v) is 2.48. The number of rotatable bonds is 2. The van der Waals surface area contributed by atoms with Gasteiger partial charge in [-0.05, 0) is 6.07 Å². The van der Waals surface area contributed by atoms with Crippen LogP contribution in [0.15, 0.2) is 24.3 Å². The molecule has 0 aliphatic rings. The maximum absolute atomic E-state index is 10.8. The number of phenols is 2. The fourth-order valence-corrected chi connectivity index (χ4v) is 1.72. The van der Waals surface area contributed by atoms with Gasteiger partial charge in [0.2, 0.25) is 5.75 Å². The zero-order valence-electron chi connectivity index (χ0n) is 8.45. The summed E-state index contributed by atoms with van der Waals surface area (Å²) in [6, 6.07) is 5.99. The number of hydrogen-bond acceptors (Lipinski definition) is 5. The molecule has 0 aliphatic heterocycles. The van der Waals surface area contributed by atoms with Crippen molar-refractivity contribution in [3.05, 3.63) is 39.9 Å². The Morgan fingerprint density at radius 3 is 2.24 bits per heavy atom. The predicted octanol–water partition coefficient (Wildman–Crippen LogP) is 1.97. The van der Waals surface area contributed by atoms with Crippen LogP contribution in [0.25, 0.3) is 10.8 Å². The molecule has 0 aliphatic carbocycles. The van der Waals surface area contributed by atoms with Crippen molar-refractivity contribution in [3.63, 3.8) is 0 Å². The first-order valence-corrected chi connectivity index (χ1v) is 4.64. The van der Waals surface area contributed by atoms with Gasteiger partial charge in [-0.1, -0.05) is 18.2 Å². The number of nitrogens with zero attached hydrogens (tertiary/aromatic N) is 1. The molecule has 86 valence electrons. The van der Waals surface area contributed by atoms with Gasteiger partial charge in [0, 0.05) is 5.39 Å². The molecule has 0 fully saturated rings. The molecule has 2 rings (SSSR count). The van der Waals surface area contributed by atoms with Gasteiger partial charge >= 0.3 is 5.69 Å². The van der Waals surface area contributed by atoms with Gasteiger partial charge in [-0.2, -0.15) is 0 Å². The van der Waals surface area contributed by atoms with Gasteiger partial charge in [0.15, 0.2) is 12.0 Å². The molecule has 0 spiro atoms. The summed E-state index contributed by atoms with van der Waals surface area (Å²) in [5.74, 6) is -1.67. The maximum atomic E-state index is 10.8. The Balaban J connectivity index is 3.06. The Hall–Kier alpha value is -2.63. The van der Waals surface area contributed by atoms with Crippen LogP contribution in [-0.4, -0.2) is 21.4 Å². The fraction of sp³-hybridized carbons (Fsp3) is 0. The molecular formula is C11H7NO5. The van der Waals surface area contributed by atoms with E-state index in [0.717, 1.165) is 0 Å². The van der Waals surface area contributed by atoms with Crippen LogP contribution >= 0.6 is 0 Å². The normalized spacial score (nSPS) is 10.4. The van der Waals surface area contributed by atoms with Gasteiger partial charge < -0.3 is 10.2 Å². The fourth-order valence-electron chi connectivity index (χ4n) is 1.72. The zero-order chi connectivity index (χ0) is 12.6. The van der Waals surface area contributed by atoms with Crippen molar-refractivity contribution < 1.29 is 19.9 Å². The van der Waals surface area contributed by atoms with Gasteiger partial charge in [-0.15, -0.1) is 0 Å². The lowest BCUT2D eigenvalue weighted by atomic mass is 10.0. The first-order chi connectivity index (χ1) is 8.07. The minimum atomic E-state index is -0.893. The topological polar surface area (TPSA) is 101 Å². The first kappa shape index (κ1) is 10.9. The van der Waals surface area contributed by atoms with E-state index in [0.29, 0.717) is 6.29 Å². The van der Waals surface area contributed by atoms with E-state index in [9.17, 15) is 25.1 Å². The smallest absolute Gasteiger partial charge is 0.322 e. The van der Waals surface area contributed by atoms with Crippen molar-refractivity contribution in [1.82, 2.24) is 0 Å². The van der Waals surface area contributed by atoms with Crippen molar-refractivity contribution in [1.29, 1.82) is 0 Å². The van der Waals surface area contributed by atoms with Crippen molar-refractivity contribution in [2.45, 2.75) is 0 Å². The summed E-state index contributed by atoms with van der Waals surface area (Å²) in [6.45, 7) is 0. The van der Waals surface area contributed by atoms with E-state index in [2.05, 4.69) is 0 Å². The van der Waals surface area contributed by atoms with Crippen LogP contribution in [0.2, 0.25) is 0 Å². The minimum Gasteiger partial charge on any atom is -0.504 e. The van der Waals surface area contributed by atoms with E-state index in [4.69, 9.17) is 0 Å². The quantitative estimate of drug-likeness (QED) is 0.357. The van der Waals surface area contributed by atoms with E-state index in [1.54, 1.807) is 12.1 Å². The van der Waals surface area contributed by atoms with Crippen molar-refractivity contribution in [2.24, 2.45) is 0 Å². The molecular weight excluding hydrogens is 226 g/mol. The van der Waals surface area contributed by atoms with Crippen LogP contribution in [-0.2, 0) is 0 Å². The van der Waals surface area contributed by atoms with E-state index in [-0.39, 0.29) is 16.3 Å². The highest BCUT2D eigenvalue weighted by Crippen LogP contribution is 2.44. The van der Waals surface area contributed by atoms with Crippen LogP contribution in [0, 0.1) is 10.1 Å². The number of aromatic hydroxyl groups is 2. The first-order valence-electron chi connectivity index (χ1n) is 4.64. The summed E-state index contributed by atoms with van der Waals surface area (Å²) in [6.07, 6.45) is 0.348. The van der Waals surface area contributed by atoms with Crippen molar-refractivity contribution in [3.8, 4) is 11.5 Å². The molecule has 0 saturated carbocycles. The molecule has 2 N–H and O–H groups in total. The minimum absolute atomic E-state index is 0.106. The lowest BCUT2D eigenvalue weighted by molar-refractivity contribution is -0.384. The highest BCUT2D eigenvalue weighted by atomic mass is 16.6. The molecule has 0 unspecified atom stereocenters. The predicted molar refractivity (Wildman–Crippen MR) is 59.3 cm³/mol. The van der Waals surface area contributed by atoms with Gasteiger partial charge in [-0.25, -0.2) is 0 Å². The Kier molecular flexibility index (Phi) is 2.40. The third-order valence-electron chi connectivity index (χ3n) is 2.48. The molecule has 17 heavy (non-hydrogen) atoms. The standard InChI is InChI=1S/C11H7NO5/c13-5-8-6-3-1-2-4-7(6)9(12(16)17)11(15)10(8)14/h1-5,14-15H. The molecule has 0 saturated heterocycles. The van der Waals surface area contributed by atoms with Gasteiger partial charge in [0.1, 0.15) is 0 Å². The lowest BCUT2D eigenvalue weighted by Crippen LogP contribution is -1.94. The lowest BCUT2D eigenvalue weighted by Gasteiger charge is -2.07. The Bertz CT molecular complexity index is 635. The van der Waals surface area contributed by atoms with Crippen LogP contribution in [0.3, 0.4) is 0 Å². The van der Waals surface area contributed by atoms with Gasteiger partial charge in [0.05, 0.1) is 15.9 Å². The molecule has 0 aromatic heterocycles. The molecule has 0 radical (unpaired) electrons. The van der Waals surface area contributed by atoms with Crippen LogP contribution in [0.4, 0.5) is 5.69 Å². The molecule has 0 bridgehead atoms. The summed E-state index contributed by atoms with van der Waals surface area (Å²) in [4.78, 5) is 20.9. The highest BCUT2D eigenvalue weighted by molar-refractivity contribution is 6.07. The van der Waals surface area contributed by atoms with Crippen LogP contribution in [0.5, 0.6) is 11.5 Å². The summed E-state index contributed by atoms with van der Waals surface area (Å²) >= 11 is 0. The number of carbonyl (C=O) groups is 1. The Morgan fingerprint density at radius 1 is 1.12 bits per heavy atom. The summed E-state index contributed by atoms with van der Waals surface area (Å²) in [5, 5.41) is 30.2. The number of aldehydes is 1. The number of phenolic OH excluding ortho intramolecular Hbond substituents is 2. The molecule has 6 heteroatoms.